The SMILES string of the molecule is O=C(NCCCN1CCCC1=O)c1cnc(-c2cccc(Cn3nc(-c4cc(F)c(F)c(F)c4)ccc3=O)c2)nc1. The minimum atomic E-state index is -1.58. The molecule has 1 saturated heterocycles. The second-order valence-electron chi connectivity index (χ2n) is 9.56. The second-order valence-corrected chi connectivity index (χ2v) is 9.56. The molecule has 1 fully saturated rings. The molecule has 1 aliphatic heterocycles. The van der Waals surface area contributed by atoms with Gasteiger partial charge in [0.25, 0.3) is 11.5 Å². The van der Waals surface area contributed by atoms with E-state index < -0.39 is 23.0 Å². The van der Waals surface area contributed by atoms with Gasteiger partial charge in [-0.05, 0) is 42.7 Å². The normalized spacial score (nSPS) is 13.0. The summed E-state index contributed by atoms with van der Waals surface area (Å²) in [7, 11) is 0. The molecule has 2 amide bonds. The van der Waals surface area contributed by atoms with Gasteiger partial charge < -0.3 is 10.2 Å². The van der Waals surface area contributed by atoms with E-state index in [0.29, 0.717) is 48.4 Å². The molecule has 0 aliphatic carbocycles. The molecule has 210 valence electrons. The number of carbonyl (C=O) groups is 2. The molecule has 3 heterocycles. The highest BCUT2D eigenvalue weighted by atomic mass is 19.2. The number of likely N-dealkylation sites (tertiary alicyclic amines) is 1. The fraction of sp³-hybridized carbons (Fsp3) is 0.241. The lowest BCUT2D eigenvalue weighted by Gasteiger charge is -2.15. The summed E-state index contributed by atoms with van der Waals surface area (Å²) in [5, 5.41) is 7.00. The Hall–Kier alpha value is -4.87. The third kappa shape index (κ3) is 6.48. The Kier molecular flexibility index (Phi) is 8.18. The van der Waals surface area contributed by atoms with Crippen molar-refractivity contribution < 1.29 is 22.8 Å². The summed E-state index contributed by atoms with van der Waals surface area (Å²) < 4.78 is 41.9. The summed E-state index contributed by atoms with van der Waals surface area (Å²) in [4.78, 5) is 47.0. The van der Waals surface area contributed by atoms with Gasteiger partial charge in [0.2, 0.25) is 5.91 Å². The summed E-state index contributed by atoms with van der Waals surface area (Å²) in [6.45, 7) is 1.84. The van der Waals surface area contributed by atoms with Gasteiger partial charge in [-0.3, -0.25) is 14.4 Å². The average molecular weight is 563 g/mol. The lowest BCUT2D eigenvalue weighted by Crippen LogP contribution is -2.30. The smallest absolute Gasteiger partial charge is 0.267 e. The monoisotopic (exact) mass is 562 g/mol. The summed E-state index contributed by atoms with van der Waals surface area (Å²) >= 11 is 0. The van der Waals surface area contributed by atoms with E-state index in [-0.39, 0.29) is 29.6 Å². The Morgan fingerprint density at radius 2 is 1.71 bits per heavy atom. The van der Waals surface area contributed by atoms with E-state index in [1.54, 1.807) is 29.2 Å². The minimum Gasteiger partial charge on any atom is -0.352 e. The molecule has 4 aromatic rings. The van der Waals surface area contributed by atoms with E-state index in [1.165, 1.54) is 24.5 Å². The molecule has 41 heavy (non-hydrogen) atoms. The number of hydrogen-bond acceptors (Lipinski definition) is 6. The number of amides is 2. The topological polar surface area (TPSA) is 110 Å². The number of carbonyl (C=O) groups excluding carboxylic acids is 2. The van der Waals surface area contributed by atoms with Crippen molar-refractivity contribution in [3.05, 3.63) is 99.9 Å². The Bertz CT molecular complexity index is 1640. The molecule has 5 rings (SSSR count). The largest absolute Gasteiger partial charge is 0.352 e. The number of hydrogen-bond donors (Lipinski definition) is 1. The highest BCUT2D eigenvalue weighted by molar-refractivity contribution is 5.93. The van der Waals surface area contributed by atoms with Crippen LogP contribution in [0.2, 0.25) is 0 Å². The molecule has 0 bridgehead atoms. The van der Waals surface area contributed by atoms with Crippen LogP contribution in [0.5, 0.6) is 0 Å². The lowest BCUT2D eigenvalue weighted by molar-refractivity contribution is -0.127. The summed E-state index contributed by atoms with van der Waals surface area (Å²) in [5.74, 6) is -4.09. The number of nitrogens with zero attached hydrogens (tertiary/aromatic N) is 5. The van der Waals surface area contributed by atoms with Crippen LogP contribution in [0.25, 0.3) is 22.6 Å². The minimum absolute atomic E-state index is 0.0110. The van der Waals surface area contributed by atoms with Crippen LogP contribution in [0, 0.1) is 17.5 Å². The highest BCUT2D eigenvalue weighted by Crippen LogP contribution is 2.22. The van der Waals surface area contributed by atoms with Crippen molar-refractivity contribution in [1.82, 2.24) is 30.0 Å². The van der Waals surface area contributed by atoms with Gasteiger partial charge in [-0.25, -0.2) is 27.8 Å². The van der Waals surface area contributed by atoms with Crippen LogP contribution in [0.1, 0.15) is 35.2 Å². The first kappa shape index (κ1) is 27.7. The third-order valence-corrected chi connectivity index (χ3v) is 6.64. The molecule has 0 atom stereocenters. The van der Waals surface area contributed by atoms with Gasteiger partial charge in [0.05, 0.1) is 17.8 Å². The molecule has 2 aromatic carbocycles. The predicted molar refractivity (Wildman–Crippen MR) is 143 cm³/mol. The van der Waals surface area contributed by atoms with Crippen molar-refractivity contribution >= 4 is 11.8 Å². The number of nitrogens with one attached hydrogen (secondary N) is 1. The Labute approximate surface area is 232 Å². The van der Waals surface area contributed by atoms with Gasteiger partial charge in [0.1, 0.15) is 0 Å². The maximum absolute atomic E-state index is 13.7. The Balaban J connectivity index is 1.24. The highest BCUT2D eigenvalue weighted by Gasteiger charge is 2.19. The third-order valence-electron chi connectivity index (χ3n) is 6.64. The fourth-order valence-electron chi connectivity index (χ4n) is 4.51. The van der Waals surface area contributed by atoms with Crippen molar-refractivity contribution in [2.24, 2.45) is 0 Å². The molecule has 9 nitrogen and oxygen atoms in total. The molecular formula is C29H25F3N6O3. The van der Waals surface area contributed by atoms with Gasteiger partial charge in [-0.2, -0.15) is 5.10 Å². The van der Waals surface area contributed by atoms with E-state index in [2.05, 4.69) is 20.4 Å². The van der Waals surface area contributed by atoms with Crippen LogP contribution >= 0.6 is 0 Å². The van der Waals surface area contributed by atoms with Crippen molar-refractivity contribution in [1.29, 1.82) is 0 Å². The Morgan fingerprint density at radius 3 is 2.41 bits per heavy atom. The number of halogens is 3. The first-order chi connectivity index (χ1) is 19.8. The van der Waals surface area contributed by atoms with E-state index in [1.807, 2.05) is 0 Å². The number of aromatic nitrogens is 4. The molecule has 2 aromatic heterocycles. The van der Waals surface area contributed by atoms with Gasteiger partial charge in [0.15, 0.2) is 23.3 Å². The maximum atomic E-state index is 13.7. The molecule has 0 unspecified atom stereocenters. The summed E-state index contributed by atoms with van der Waals surface area (Å²) in [6, 6.07) is 11.2. The van der Waals surface area contributed by atoms with Gasteiger partial charge >= 0.3 is 0 Å². The molecule has 1 N–H and O–H groups in total. The van der Waals surface area contributed by atoms with E-state index in [0.717, 1.165) is 29.8 Å². The zero-order valence-corrected chi connectivity index (χ0v) is 21.8. The number of rotatable bonds is 9. The summed E-state index contributed by atoms with van der Waals surface area (Å²) in [6.07, 6.45) is 4.96. The van der Waals surface area contributed by atoms with Crippen LogP contribution < -0.4 is 10.9 Å². The van der Waals surface area contributed by atoms with Crippen LogP contribution in [-0.2, 0) is 11.3 Å². The zero-order valence-electron chi connectivity index (χ0n) is 21.8. The van der Waals surface area contributed by atoms with Gasteiger partial charge in [-0.15, -0.1) is 0 Å². The van der Waals surface area contributed by atoms with E-state index >= 15 is 0 Å². The first-order valence-electron chi connectivity index (χ1n) is 13.0. The van der Waals surface area contributed by atoms with Crippen molar-refractivity contribution in [3.63, 3.8) is 0 Å². The van der Waals surface area contributed by atoms with Crippen LogP contribution in [0.3, 0.4) is 0 Å². The molecule has 12 heteroatoms. The fourth-order valence-corrected chi connectivity index (χ4v) is 4.51. The van der Waals surface area contributed by atoms with Gasteiger partial charge in [0, 0.05) is 55.6 Å². The van der Waals surface area contributed by atoms with Crippen molar-refractivity contribution in [2.75, 3.05) is 19.6 Å². The molecular weight excluding hydrogens is 537 g/mol. The van der Waals surface area contributed by atoms with Crippen LogP contribution in [-0.4, -0.2) is 56.1 Å². The van der Waals surface area contributed by atoms with E-state index in [9.17, 15) is 27.6 Å². The molecule has 0 saturated carbocycles. The van der Waals surface area contributed by atoms with Crippen LogP contribution in [0.15, 0.2) is 65.7 Å². The summed E-state index contributed by atoms with van der Waals surface area (Å²) in [5.41, 5.74) is 1.25. The maximum Gasteiger partial charge on any atom is 0.267 e. The second kappa shape index (κ2) is 12.1. The average Bonchev–Trinajstić information content (AvgIpc) is 3.39. The molecule has 1 aliphatic rings. The predicted octanol–water partition coefficient (Wildman–Crippen LogP) is 3.58. The molecule has 0 spiro atoms. The van der Waals surface area contributed by atoms with Crippen molar-refractivity contribution in [2.45, 2.75) is 25.8 Å². The van der Waals surface area contributed by atoms with Crippen molar-refractivity contribution in [3.8, 4) is 22.6 Å². The van der Waals surface area contributed by atoms with Crippen LogP contribution in [0.4, 0.5) is 13.2 Å². The Morgan fingerprint density at radius 1 is 0.951 bits per heavy atom. The first-order valence-corrected chi connectivity index (χ1v) is 13.0. The lowest BCUT2D eigenvalue weighted by atomic mass is 10.1. The number of benzene rings is 2. The van der Waals surface area contributed by atoms with Gasteiger partial charge in [-0.1, -0.05) is 18.2 Å². The molecule has 0 radical (unpaired) electrons. The van der Waals surface area contributed by atoms with E-state index in [4.69, 9.17) is 0 Å². The zero-order chi connectivity index (χ0) is 28.9. The standard InChI is InChI=1S/C29H25F3N6O3/c30-22-13-20(14-23(31)27(22)32)24-7-8-26(40)38(36-24)17-18-4-1-5-19(12-18)28-34-15-21(16-35-28)29(41)33-9-3-11-37-10-2-6-25(37)39/h1,4-5,7-8,12-16H,2-3,6,9-11,17H2,(H,33,41). The quantitative estimate of drug-likeness (QED) is 0.247.